The number of allylic oxidation sites excluding steroid dienone is 2. The van der Waals surface area contributed by atoms with Crippen LogP contribution in [0, 0.1) is 0 Å². The van der Waals surface area contributed by atoms with E-state index < -0.39 is 17.6 Å². The van der Waals surface area contributed by atoms with Gasteiger partial charge in [0.15, 0.2) is 0 Å². The quantitative estimate of drug-likeness (QED) is 0.402. The molecule has 3 N–H and O–H groups in total. The molecule has 0 atom stereocenters. The average Bonchev–Trinajstić information content (AvgIpc) is 3.36. The third-order valence-electron chi connectivity index (χ3n) is 5.28. The number of para-hydroxylation sites is 1. The molecule has 0 bridgehead atoms. The number of nitrogens with two attached hydrogens (primary N) is 1. The first-order chi connectivity index (χ1) is 17.3. The second-order valence-electron chi connectivity index (χ2n) is 7.72. The van der Waals surface area contributed by atoms with Crippen LogP contribution >= 0.6 is 11.3 Å². The molecule has 1 aliphatic heterocycles. The third-order valence-corrected chi connectivity index (χ3v) is 6.20. The van der Waals surface area contributed by atoms with Crippen molar-refractivity contribution in [3.05, 3.63) is 83.0 Å². The Labute approximate surface area is 209 Å². The second kappa shape index (κ2) is 10.8. The highest BCUT2D eigenvalue weighted by Crippen LogP contribution is 2.48. The van der Waals surface area contributed by atoms with Crippen LogP contribution in [0.25, 0.3) is 5.57 Å². The van der Waals surface area contributed by atoms with Gasteiger partial charge in [-0.15, -0.1) is 11.3 Å². The van der Waals surface area contributed by atoms with E-state index in [1.807, 2.05) is 0 Å². The van der Waals surface area contributed by atoms with Crippen LogP contribution in [0.15, 0.2) is 66.7 Å². The molecule has 0 unspecified atom stereocenters. The van der Waals surface area contributed by atoms with Crippen molar-refractivity contribution >= 4 is 34.2 Å². The molecule has 1 aliphatic rings. The molecular weight excluding hydrogens is 493 g/mol. The van der Waals surface area contributed by atoms with Gasteiger partial charge in [0.25, 0.3) is 5.91 Å². The van der Waals surface area contributed by atoms with Gasteiger partial charge in [0, 0.05) is 24.0 Å². The average molecular weight is 517 g/mol. The lowest BCUT2D eigenvalue weighted by atomic mass is 10.1. The van der Waals surface area contributed by atoms with Gasteiger partial charge in [0.05, 0.1) is 24.6 Å². The van der Waals surface area contributed by atoms with Crippen LogP contribution in [0.1, 0.15) is 21.1 Å². The second-order valence-corrected chi connectivity index (χ2v) is 8.58. The summed E-state index contributed by atoms with van der Waals surface area (Å²) in [6.07, 6.45) is -1.92. The fourth-order valence-electron chi connectivity index (χ4n) is 3.66. The van der Waals surface area contributed by atoms with E-state index >= 15 is 0 Å². The number of hydrogen-bond donors (Lipinski definition) is 2. The van der Waals surface area contributed by atoms with Gasteiger partial charge in [-0.3, -0.25) is 4.79 Å². The van der Waals surface area contributed by atoms with Gasteiger partial charge in [0.1, 0.15) is 27.8 Å². The molecule has 1 amide bonds. The van der Waals surface area contributed by atoms with Crippen molar-refractivity contribution in [3.8, 4) is 11.5 Å². The molecule has 1 fully saturated rings. The smallest absolute Gasteiger partial charge is 0.422 e. The maximum atomic E-state index is 14.5. The Hall–Kier alpha value is -3.83. The molecule has 2 aromatic carbocycles. The lowest BCUT2D eigenvalue weighted by Crippen LogP contribution is -2.38. The van der Waals surface area contributed by atoms with Crippen molar-refractivity contribution in [1.82, 2.24) is 4.98 Å². The lowest BCUT2D eigenvalue weighted by molar-refractivity contribution is -0.138. The van der Waals surface area contributed by atoms with Gasteiger partial charge >= 0.3 is 6.18 Å². The number of carbonyl (C=O) groups excluding carboxylic acids is 1. The fraction of sp³-hybridized carbons (Fsp3) is 0.200. The molecule has 7 nitrogen and oxygen atoms in total. The van der Waals surface area contributed by atoms with E-state index in [4.69, 9.17) is 15.2 Å². The molecular formula is C25H23F3N4O3S. The molecule has 4 rings (SSSR count). The number of benzene rings is 2. The number of carbonyl (C=O) groups is 1. The molecule has 0 aliphatic carbocycles. The number of hydrogen-bond acceptors (Lipinski definition) is 7. The SMILES string of the molecule is C=C(/C=C\N)c1nc(C(=O)Nc2ccc(Oc3ccccc3)c(C(F)(F)F)c2N2CCOCC2)cs1. The van der Waals surface area contributed by atoms with E-state index in [-0.39, 0.29) is 54.9 Å². The van der Waals surface area contributed by atoms with Gasteiger partial charge < -0.3 is 25.4 Å². The van der Waals surface area contributed by atoms with Crippen molar-refractivity contribution in [2.75, 3.05) is 36.5 Å². The number of ether oxygens (including phenoxy) is 2. The number of thiazole rings is 1. The van der Waals surface area contributed by atoms with Gasteiger partial charge in [-0.1, -0.05) is 24.8 Å². The third kappa shape index (κ3) is 5.69. The van der Waals surface area contributed by atoms with Crippen molar-refractivity contribution in [2.45, 2.75) is 6.18 Å². The van der Waals surface area contributed by atoms with Crippen LogP contribution < -0.4 is 20.7 Å². The van der Waals surface area contributed by atoms with Crippen molar-refractivity contribution in [1.29, 1.82) is 0 Å². The summed E-state index contributed by atoms with van der Waals surface area (Å²) in [5, 5.41) is 4.58. The minimum atomic E-state index is -4.77. The summed E-state index contributed by atoms with van der Waals surface area (Å²) >= 11 is 1.17. The predicted octanol–water partition coefficient (Wildman–Crippen LogP) is 5.53. The summed E-state index contributed by atoms with van der Waals surface area (Å²) in [6, 6.07) is 10.8. The number of amides is 1. The summed E-state index contributed by atoms with van der Waals surface area (Å²) in [7, 11) is 0. The van der Waals surface area contributed by atoms with E-state index in [0.29, 0.717) is 10.6 Å². The summed E-state index contributed by atoms with van der Waals surface area (Å²) < 4.78 is 54.4. The van der Waals surface area contributed by atoms with E-state index in [9.17, 15) is 18.0 Å². The first-order valence-corrected chi connectivity index (χ1v) is 11.8. The number of aromatic nitrogens is 1. The molecule has 0 radical (unpaired) electrons. The van der Waals surface area contributed by atoms with Crippen molar-refractivity contribution < 1.29 is 27.4 Å². The molecule has 3 aromatic rings. The lowest BCUT2D eigenvalue weighted by Gasteiger charge is -2.33. The first-order valence-electron chi connectivity index (χ1n) is 10.9. The summed E-state index contributed by atoms with van der Waals surface area (Å²) in [6.45, 7) is 4.75. The zero-order valence-electron chi connectivity index (χ0n) is 19.0. The molecule has 11 heteroatoms. The minimum absolute atomic E-state index is 0.00938. The Morgan fingerprint density at radius 2 is 1.92 bits per heavy atom. The van der Waals surface area contributed by atoms with E-state index in [0.717, 1.165) is 0 Å². The molecule has 1 aromatic heterocycles. The van der Waals surface area contributed by atoms with E-state index in [1.165, 1.54) is 41.1 Å². The Morgan fingerprint density at radius 3 is 2.58 bits per heavy atom. The minimum Gasteiger partial charge on any atom is -0.457 e. The Balaban J connectivity index is 1.75. The van der Waals surface area contributed by atoms with Crippen LogP contribution in [-0.2, 0) is 10.9 Å². The fourth-order valence-corrected chi connectivity index (χ4v) is 4.42. The zero-order chi connectivity index (χ0) is 25.7. The van der Waals surface area contributed by atoms with Crippen LogP contribution in [0.2, 0.25) is 0 Å². The number of alkyl halides is 3. The van der Waals surface area contributed by atoms with Gasteiger partial charge in [-0.2, -0.15) is 13.2 Å². The van der Waals surface area contributed by atoms with Crippen LogP contribution in [0.4, 0.5) is 24.5 Å². The predicted molar refractivity (Wildman–Crippen MR) is 133 cm³/mol. The number of rotatable bonds is 7. The highest BCUT2D eigenvalue weighted by molar-refractivity contribution is 7.11. The normalized spacial score (nSPS) is 14.1. The number of nitrogens with one attached hydrogen (secondary N) is 1. The van der Waals surface area contributed by atoms with E-state index in [1.54, 1.807) is 35.2 Å². The van der Waals surface area contributed by atoms with Crippen molar-refractivity contribution in [3.63, 3.8) is 0 Å². The van der Waals surface area contributed by atoms with Gasteiger partial charge in [0.2, 0.25) is 0 Å². The molecule has 0 saturated carbocycles. The Bertz CT molecular complexity index is 1270. The maximum absolute atomic E-state index is 14.5. The number of anilines is 2. The highest BCUT2D eigenvalue weighted by Gasteiger charge is 2.41. The van der Waals surface area contributed by atoms with Crippen LogP contribution in [-0.4, -0.2) is 37.2 Å². The number of nitrogens with zero attached hydrogens (tertiary/aromatic N) is 2. The van der Waals surface area contributed by atoms with Crippen LogP contribution in [0.5, 0.6) is 11.5 Å². The van der Waals surface area contributed by atoms with Crippen molar-refractivity contribution in [2.24, 2.45) is 5.73 Å². The largest absolute Gasteiger partial charge is 0.457 e. The van der Waals surface area contributed by atoms with E-state index in [2.05, 4.69) is 16.9 Å². The summed E-state index contributed by atoms with van der Waals surface area (Å²) in [5.41, 5.74) is 4.76. The standard InChI is InChI=1S/C25H23F3N4O3S/c1-16(9-10-29)24-31-19(15-36-24)23(33)30-18-7-8-20(35-17-5-3-2-4-6-17)21(25(26,27)28)22(18)32-11-13-34-14-12-32/h2-10,15H,1,11-14,29H2,(H,30,33)/b10-9-. The zero-order valence-corrected chi connectivity index (χ0v) is 19.9. The van der Waals surface area contributed by atoms with Crippen LogP contribution in [0.3, 0.4) is 0 Å². The number of halogens is 3. The number of morpholine rings is 1. The highest BCUT2D eigenvalue weighted by atomic mass is 32.1. The monoisotopic (exact) mass is 516 g/mol. The molecule has 2 heterocycles. The molecule has 1 saturated heterocycles. The summed E-state index contributed by atoms with van der Waals surface area (Å²) in [5.74, 6) is -0.759. The summed E-state index contributed by atoms with van der Waals surface area (Å²) in [4.78, 5) is 18.8. The first kappa shape index (κ1) is 25.3. The molecule has 188 valence electrons. The van der Waals surface area contributed by atoms with Gasteiger partial charge in [-0.25, -0.2) is 4.98 Å². The Kier molecular flexibility index (Phi) is 7.61. The van der Waals surface area contributed by atoms with Gasteiger partial charge in [-0.05, 0) is 36.5 Å². The Morgan fingerprint density at radius 1 is 1.19 bits per heavy atom. The molecule has 36 heavy (non-hydrogen) atoms. The topological polar surface area (TPSA) is 89.7 Å². The molecule has 0 spiro atoms. The maximum Gasteiger partial charge on any atom is 0.422 e.